The van der Waals surface area contributed by atoms with E-state index in [0.717, 1.165) is 10.9 Å². The van der Waals surface area contributed by atoms with Gasteiger partial charge in [-0.15, -0.1) is 0 Å². The van der Waals surface area contributed by atoms with Gasteiger partial charge in [-0.3, -0.25) is 4.98 Å². The molecule has 0 radical (unpaired) electrons. The van der Waals surface area contributed by atoms with Crippen molar-refractivity contribution in [3.63, 3.8) is 0 Å². The van der Waals surface area contributed by atoms with Crippen LogP contribution >= 0.6 is 0 Å². The van der Waals surface area contributed by atoms with Crippen molar-refractivity contribution in [2.75, 3.05) is 0 Å². The van der Waals surface area contributed by atoms with Gasteiger partial charge in [0.15, 0.2) is 6.29 Å². The fourth-order valence-electron chi connectivity index (χ4n) is 1.36. The Hall–Kier alpha value is -1.74. The van der Waals surface area contributed by atoms with Crippen molar-refractivity contribution in [1.29, 1.82) is 0 Å². The van der Waals surface area contributed by atoms with E-state index in [1.807, 2.05) is 12.1 Å². The zero-order chi connectivity index (χ0) is 9.97. The number of pyridine rings is 1. The van der Waals surface area contributed by atoms with Crippen LogP contribution in [-0.4, -0.2) is 16.4 Å². The zero-order valence-corrected chi connectivity index (χ0v) is 7.42. The molecule has 0 amide bonds. The molecule has 0 saturated heterocycles. The van der Waals surface area contributed by atoms with Gasteiger partial charge in [-0.25, -0.2) is 0 Å². The van der Waals surface area contributed by atoms with Gasteiger partial charge in [0, 0.05) is 11.6 Å². The largest absolute Gasteiger partial charge is 0.381 e. The van der Waals surface area contributed by atoms with Crippen LogP contribution in [-0.2, 0) is 4.79 Å². The maximum atomic E-state index is 10.4. The highest BCUT2D eigenvalue weighted by Gasteiger charge is 2.05. The van der Waals surface area contributed by atoms with Crippen LogP contribution in [0.4, 0.5) is 0 Å². The number of aldehydes is 1. The van der Waals surface area contributed by atoms with Crippen LogP contribution in [0.1, 0.15) is 11.7 Å². The third-order valence-electron chi connectivity index (χ3n) is 2.10. The number of aromatic nitrogens is 1. The van der Waals surface area contributed by atoms with Crippen LogP contribution in [0.5, 0.6) is 0 Å². The molecule has 2 aromatic rings. The summed E-state index contributed by atoms with van der Waals surface area (Å²) in [5, 5.41) is 10.2. The molecular formula is C11H9NO2. The van der Waals surface area contributed by atoms with E-state index in [2.05, 4.69) is 4.98 Å². The minimum atomic E-state index is -1.04. The Morgan fingerprint density at radius 1 is 1.36 bits per heavy atom. The molecule has 0 bridgehead atoms. The van der Waals surface area contributed by atoms with Gasteiger partial charge >= 0.3 is 0 Å². The molecule has 0 aliphatic heterocycles. The summed E-state index contributed by atoms with van der Waals surface area (Å²) in [5.41, 5.74) is 1.45. The lowest BCUT2D eigenvalue weighted by Crippen LogP contribution is -1.97. The SMILES string of the molecule is O=CC(O)c1ccc2ncccc2c1. The molecule has 3 nitrogen and oxygen atoms in total. The number of hydrogen-bond acceptors (Lipinski definition) is 3. The van der Waals surface area contributed by atoms with Crippen LogP contribution in [0.25, 0.3) is 10.9 Å². The number of carbonyl (C=O) groups excluding carboxylic acids is 1. The van der Waals surface area contributed by atoms with E-state index in [9.17, 15) is 9.90 Å². The summed E-state index contributed by atoms with van der Waals surface area (Å²) >= 11 is 0. The highest BCUT2D eigenvalue weighted by atomic mass is 16.3. The Kier molecular flexibility index (Phi) is 2.24. The molecule has 1 aromatic carbocycles. The molecule has 1 unspecified atom stereocenters. The van der Waals surface area contributed by atoms with Gasteiger partial charge in [0.1, 0.15) is 6.10 Å². The molecule has 1 N–H and O–H groups in total. The van der Waals surface area contributed by atoms with E-state index in [1.54, 1.807) is 24.4 Å². The first-order valence-electron chi connectivity index (χ1n) is 4.29. The van der Waals surface area contributed by atoms with E-state index in [4.69, 9.17) is 0 Å². The topological polar surface area (TPSA) is 50.2 Å². The van der Waals surface area contributed by atoms with Crippen molar-refractivity contribution < 1.29 is 9.90 Å². The molecule has 70 valence electrons. The number of hydrogen-bond donors (Lipinski definition) is 1. The van der Waals surface area contributed by atoms with Crippen LogP contribution in [0.15, 0.2) is 36.5 Å². The minimum absolute atomic E-state index is 0.511. The fourth-order valence-corrected chi connectivity index (χ4v) is 1.36. The number of carbonyl (C=O) groups is 1. The van der Waals surface area contributed by atoms with Crippen molar-refractivity contribution >= 4 is 17.2 Å². The molecular weight excluding hydrogens is 178 g/mol. The number of benzene rings is 1. The Balaban J connectivity index is 2.56. The third-order valence-corrected chi connectivity index (χ3v) is 2.10. The maximum absolute atomic E-state index is 10.4. The predicted octanol–water partition coefficient (Wildman–Crippen LogP) is 1.47. The highest BCUT2D eigenvalue weighted by Crippen LogP contribution is 2.17. The summed E-state index contributed by atoms with van der Waals surface area (Å²) in [6, 6.07) is 8.97. The Morgan fingerprint density at radius 3 is 3.00 bits per heavy atom. The van der Waals surface area contributed by atoms with Crippen molar-refractivity contribution in [1.82, 2.24) is 4.98 Å². The molecule has 1 heterocycles. The summed E-state index contributed by atoms with van der Waals surface area (Å²) in [5.74, 6) is 0. The summed E-state index contributed by atoms with van der Waals surface area (Å²) in [4.78, 5) is 14.5. The summed E-state index contributed by atoms with van der Waals surface area (Å²) in [7, 11) is 0. The third kappa shape index (κ3) is 1.49. The molecule has 0 aliphatic rings. The van der Waals surface area contributed by atoms with Gasteiger partial charge in [-0.1, -0.05) is 12.1 Å². The predicted molar refractivity (Wildman–Crippen MR) is 52.8 cm³/mol. The second-order valence-electron chi connectivity index (χ2n) is 3.04. The number of aliphatic hydroxyl groups excluding tert-OH is 1. The van der Waals surface area contributed by atoms with Gasteiger partial charge in [0.05, 0.1) is 5.52 Å². The average molecular weight is 187 g/mol. The van der Waals surface area contributed by atoms with Gasteiger partial charge in [0.2, 0.25) is 0 Å². The number of nitrogens with zero attached hydrogens (tertiary/aromatic N) is 1. The summed E-state index contributed by atoms with van der Waals surface area (Å²) < 4.78 is 0. The minimum Gasteiger partial charge on any atom is -0.381 e. The normalized spacial score (nSPS) is 12.6. The Morgan fingerprint density at radius 2 is 2.21 bits per heavy atom. The van der Waals surface area contributed by atoms with E-state index in [-0.39, 0.29) is 0 Å². The van der Waals surface area contributed by atoms with Crippen LogP contribution < -0.4 is 0 Å². The van der Waals surface area contributed by atoms with Crippen molar-refractivity contribution in [2.45, 2.75) is 6.10 Å². The Labute approximate surface area is 81.0 Å². The van der Waals surface area contributed by atoms with Crippen molar-refractivity contribution in [3.05, 3.63) is 42.1 Å². The molecule has 0 fully saturated rings. The molecule has 0 spiro atoms. The number of aliphatic hydroxyl groups is 1. The van der Waals surface area contributed by atoms with E-state index >= 15 is 0 Å². The molecule has 1 aromatic heterocycles. The first-order chi connectivity index (χ1) is 6.81. The van der Waals surface area contributed by atoms with Crippen molar-refractivity contribution in [3.8, 4) is 0 Å². The fraction of sp³-hybridized carbons (Fsp3) is 0.0909. The Bertz CT molecular complexity index is 468. The standard InChI is InChI=1S/C11H9NO2/c13-7-11(14)9-3-4-10-8(6-9)2-1-5-12-10/h1-7,11,14H. The second-order valence-corrected chi connectivity index (χ2v) is 3.04. The molecule has 0 saturated carbocycles. The maximum Gasteiger partial charge on any atom is 0.153 e. The van der Waals surface area contributed by atoms with Crippen LogP contribution in [0.3, 0.4) is 0 Å². The van der Waals surface area contributed by atoms with Gasteiger partial charge in [-0.05, 0) is 23.8 Å². The summed E-state index contributed by atoms with van der Waals surface area (Å²) in [6.45, 7) is 0. The molecule has 14 heavy (non-hydrogen) atoms. The van der Waals surface area contributed by atoms with E-state index < -0.39 is 6.10 Å². The average Bonchev–Trinajstić information content (AvgIpc) is 2.27. The zero-order valence-electron chi connectivity index (χ0n) is 7.42. The highest BCUT2D eigenvalue weighted by molar-refractivity contribution is 5.80. The quantitative estimate of drug-likeness (QED) is 0.724. The van der Waals surface area contributed by atoms with Gasteiger partial charge in [-0.2, -0.15) is 0 Å². The number of rotatable bonds is 2. The smallest absolute Gasteiger partial charge is 0.153 e. The monoisotopic (exact) mass is 187 g/mol. The van der Waals surface area contributed by atoms with E-state index in [1.165, 1.54) is 0 Å². The molecule has 3 heteroatoms. The first-order valence-corrected chi connectivity index (χ1v) is 4.29. The molecule has 2 rings (SSSR count). The lowest BCUT2D eigenvalue weighted by molar-refractivity contribution is -0.115. The van der Waals surface area contributed by atoms with Gasteiger partial charge < -0.3 is 9.90 Å². The van der Waals surface area contributed by atoms with Gasteiger partial charge in [0.25, 0.3) is 0 Å². The van der Waals surface area contributed by atoms with Crippen molar-refractivity contribution in [2.24, 2.45) is 0 Å². The lowest BCUT2D eigenvalue weighted by Gasteiger charge is -2.04. The lowest BCUT2D eigenvalue weighted by atomic mass is 10.1. The van der Waals surface area contributed by atoms with E-state index in [0.29, 0.717) is 11.8 Å². The summed E-state index contributed by atoms with van der Waals surface area (Å²) in [6.07, 6.45) is 1.18. The molecule has 1 atom stereocenters. The molecule has 0 aliphatic carbocycles. The van der Waals surface area contributed by atoms with Crippen LogP contribution in [0, 0.1) is 0 Å². The number of fused-ring (bicyclic) bond motifs is 1. The first kappa shape index (κ1) is 8.84. The second kappa shape index (κ2) is 3.55. The van der Waals surface area contributed by atoms with Crippen LogP contribution in [0.2, 0.25) is 0 Å².